The molecule has 0 radical (unpaired) electrons. The quantitative estimate of drug-likeness (QED) is 0.814. The fraction of sp³-hybridized carbons (Fsp3) is 0.833. The highest BCUT2D eigenvalue weighted by molar-refractivity contribution is 7.11. The van der Waals surface area contributed by atoms with Gasteiger partial charge in [0.15, 0.2) is 0 Å². The molecule has 1 aromatic heterocycles. The van der Waals surface area contributed by atoms with E-state index in [9.17, 15) is 10.2 Å². The largest absolute Gasteiger partial charge is 0.392 e. The lowest BCUT2D eigenvalue weighted by Gasteiger charge is -2.12. The van der Waals surface area contributed by atoms with Gasteiger partial charge in [0, 0.05) is 12.8 Å². The first kappa shape index (κ1) is 14.5. The van der Waals surface area contributed by atoms with Crippen LogP contribution in [0.2, 0.25) is 0 Å². The molecule has 2 atom stereocenters. The van der Waals surface area contributed by atoms with E-state index in [1.165, 1.54) is 11.3 Å². The fourth-order valence-corrected chi connectivity index (χ4v) is 2.23. The third kappa shape index (κ3) is 4.69. The van der Waals surface area contributed by atoms with Gasteiger partial charge in [-0.05, 0) is 11.8 Å². The first-order chi connectivity index (χ1) is 7.90. The van der Waals surface area contributed by atoms with Crippen molar-refractivity contribution in [2.75, 3.05) is 0 Å². The number of aliphatic hydroxyl groups excluding tert-OH is 2. The maximum absolute atomic E-state index is 9.75. The first-order valence-electron chi connectivity index (χ1n) is 6.07. The summed E-state index contributed by atoms with van der Waals surface area (Å²) in [6.07, 6.45) is 0.358. The molecule has 0 spiro atoms. The van der Waals surface area contributed by atoms with Crippen molar-refractivity contribution < 1.29 is 10.2 Å². The van der Waals surface area contributed by atoms with Crippen LogP contribution in [-0.2, 0) is 12.8 Å². The molecule has 1 rings (SSSR count). The van der Waals surface area contributed by atoms with Crippen LogP contribution in [0.15, 0.2) is 0 Å². The van der Waals surface area contributed by atoms with E-state index < -0.39 is 0 Å². The summed E-state index contributed by atoms with van der Waals surface area (Å²) in [6, 6.07) is 0. The minimum Gasteiger partial charge on any atom is -0.392 e. The second-order valence-corrected chi connectivity index (χ2v) is 6.27. The highest BCUT2D eigenvalue weighted by Crippen LogP contribution is 2.17. The van der Waals surface area contributed by atoms with Gasteiger partial charge in [0.25, 0.3) is 0 Å². The number of nitrogens with zero attached hydrogens (tertiary/aromatic N) is 2. The van der Waals surface area contributed by atoms with Crippen molar-refractivity contribution >= 4 is 11.3 Å². The lowest BCUT2D eigenvalue weighted by molar-refractivity contribution is 0.125. The summed E-state index contributed by atoms with van der Waals surface area (Å²) in [4.78, 5) is 0. The van der Waals surface area contributed by atoms with Gasteiger partial charge >= 0.3 is 0 Å². The molecule has 0 aromatic carbocycles. The molecule has 0 aliphatic rings. The molecule has 17 heavy (non-hydrogen) atoms. The van der Waals surface area contributed by atoms with Crippen LogP contribution in [0.3, 0.4) is 0 Å². The molecule has 1 aromatic rings. The second-order valence-electron chi connectivity index (χ2n) is 5.12. The normalized spacial score (nSPS) is 15.5. The molecule has 0 bridgehead atoms. The van der Waals surface area contributed by atoms with Gasteiger partial charge in [-0.2, -0.15) is 0 Å². The number of hydrogen-bond donors (Lipinski definition) is 2. The highest BCUT2D eigenvalue weighted by atomic mass is 32.1. The van der Waals surface area contributed by atoms with E-state index in [4.69, 9.17) is 0 Å². The molecule has 2 N–H and O–H groups in total. The predicted octanol–water partition coefficient (Wildman–Crippen LogP) is 1.66. The molecule has 4 nitrogen and oxygen atoms in total. The third-order valence-corrected chi connectivity index (χ3v) is 3.78. The Morgan fingerprint density at radius 1 is 0.882 bits per heavy atom. The van der Waals surface area contributed by atoms with Gasteiger partial charge in [-0.15, -0.1) is 21.5 Å². The zero-order chi connectivity index (χ0) is 13.0. The van der Waals surface area contributed by atoms with Crippen LogP contribution in [0.5, 0.6) is 0 Å². The van der Waals surface area contributed by atoms with Gasteiger partial charge in [0.1, 0.15) is 10.0 Å². The lowest BCUT2D eigenvalue weighted by Crippen LogP contribution is -2.17. The van der Waals surface area contributed by atoms with Crippen molar-refractivity contribution in [2.24, 2.45) is 11.8 Å². The maximum atomic E-state index is 9.75. The first-order valence-corrected chi connectivity index (χ1v) is 6.89. The highest BCUT2D eigenvalue weighted by Gasteiger charge is 2.16. The summed E-state index contributed by atoms with van der Waals surface area (Å²) in [7, 11) is 0. The van der Waals surface area contributed by atoms with Crippen LogP contribution in [-0.4, -0.2) is 32.6 Å². The van der Waals surface area contributed by atoms with Crippen LogP contribution < -0.4 is 0 Å². The molecule has 98 valence electrons. The molecule has 0 aliphatic heterocycles. The van der Waals surface area contributed by atoms with Crippen LogP contribution in [0.4, 0.5) is 0 Å². The lowest BCUT2D eigenvalue weighted by atomic mass is 10.1. The van der Waals surface area contributed by atoms with Crippen LogP contribution in [0, 0.1) is 11.8 Å². The molecular formula is C12H22N2O2S. The van der Waals surface area contributed by atoms with E-state index in [0.717, 1.165) is 10.0 Å². The van der Waals surface area contributed by atoms with Gasteiger partial charge in [-0.25, -0.2) is 0 Å². The van der Waals surface area contributed by atoms with Crippen molar-refractivity contribution in [1.29, 1.82) is 0 Å². The Hall–Kier alpha value is -0.520. The topological polar surface area (TPSA) is 66.2 Å². The summed E-state index contributed by atoms with van der Waals surface area (Å²) in [5.74, 6) is 0.451. The smallest absolute Gasteiger partial charge is 0.120 e. The van der Waals surface area contributed by atoms with Crippen LogP contribution in [0.1, 0.15) is 37.7 Å². The molecule has 0 saturated carbocycles. The zero-order valence-corrected chi connectivity index (χ0v) is 11.7. The SMILES string of the molecule is CC(C)C(O)Cc1nnc(CC(O)C(C)C)s1. The van der Waals surface area contributed by atoms with Gasteiger partial charge in [0.2, 0.25) is 0 Å². The van der Waals surface area contributed by atoms with Gasteiger partial charge < -0.3 is 10.2 Å². The Labute approximate surface area is 107 Å². The predicted molar refractivity (Wildman–Crippen MR) is 69.0 cm³/mol. The monoisotopic (exact) mass is 258 g/mol. The molecule has 0 amide bonds. The Balaban J connectivity index is 2.53. The van der Waals surface area contributed by atoms with Gasteiger partial charge in [-0.1, -0.05) is 27.7 Å². The summed E-state index contributed by atoms with van der Waals surface area (Å²) in [5.41, 5.74) is 0. The Kier molecular flexibility index (Phi) is 5.49. The fourth-order valence-electron chi connectivity index (χ4n) is 1.28. The number of rotatable bonds is 6. The number of hydrogen-bond acceptors (Lipinski definition) is 5. The Bertz CT molecular complexity index is 309. The van der Waals surface area contributed by atoms with E-state index in [1.807, 2.05) is 27.7 Å². The second kappa shape index (κ2) is 6.42. The zero-order valence-electron chi connectivity index (χ0n) is 10.9. The van der Waals surface area contributed by atoms with Crippen molar-refractivity contribution in [3.63, 3.8) is 0 Å². The van der Waals surface area contributed by atoms with Gasteiger partial charge in [0.05, 0.1) is 12.2 Å². The average molecular weight is 258 g/mol. The minimum atomic E-state index is -0.370. The molecule has 0 aliphatic carbocycles. The molecule has 2 unspecified atom stereocenters. The van der Waals surface area contributed by atoms with Crippen molar-refractivity contribution in [1.82, 2.24) is 10.2 Å². The summed E-state index contributed by atoms with van der Waals surface area (Å²) >= 11 is 1.48. The van der Waals surface area contributed by atoms with Gasteiger partial charge in [-0.3, -0.25) is 0 Å². The van der Waals surface area contributed by atoms with Crippen molar-refractivity contribution in [2.45, 2.75) is 52.7 Å². The standard InChI is InChI=1S/C12H22N2O2S/c1-7(2)9(15)5-11-13-14-12(17-11)6-10(16)8(3)4/h7-10,15-16H,5-6H2,1-4H3. The van der Waals surface area contributed by atoms with E-state index in [2.05, 4.69) is 10.2 Å². The van der Waals surface area contributed by atoms with E-state index in [-0.39, 0.29) is 24.0 Å². The number of aliphatic hydroxyl groups is 2. The molecule has 1 heterocycles. The summed E-state index contributed by atoms with van der Waals surface area (Å²) in [5, 5.41) is 29.3. The molecule has 0 fully saturated rings. The van der Waals surface area contributed by atoms with E-state index in [1.54, 1.807) is 0 Å². The van der Waals surface area contributed by atoms with E-state index in [0.29, 0.717) is 12.8 Å². The van der Waals surface area contributed by atoms with E-state index >= 15 is 0 Å². The Morgan fingerprint density at radius 2 is 1.24 bits per heavy atom. The average Bonchev–Trinajstić information content (AvgIpc) is 2.65. The third-order valence-electron chi connectivity index (χ3n) is 2.82. The summed E-state index contributed by atoms with van der Waals surface area (Å²) < 4.78 is 0. The molecule has 5 heteroatoms. The molecular weight excluding hydrogens is 236 g/mol. The molecule has 0 saturated heterocycles. The van der Waals surface area contributed by atoms with Crippen molar-refractivity contribution in [3.05, 3.63) is 10.0 Å². The maximum Gasteiger partial charge on any atom is 0.120 e. The van der Waals surface area contributed by atoms with Crippen LogP contribution >= 0.6 is 11.3 Å². The Morgan fingerprint density at radius 3 is 1.53 bits per heavy atom. The van der Waals surface area contributed by atoms with Crippen LogP contribution in [0.25, 0.3) is 0 Å². The van der Waals surface area contributed by atoms with Crippen molar-refractivity contribution in [3.8, 4) is 0 Å². The minimum absolute atomic E-state index is 0.226. The summed E-state index contributed by atoms with van der Waals surface area (Å²) in [6.45, 7) is 7.93. The number of aromatic nitrogens is 2.